The second kappa shape index (κ2) is 7.82. The summed E-state index contributed by atoms with van der Waals surface area (Å²) in [5, 5.41) is 13.6. The van der Waals surface area contributed by atoms with Gasteiger partial charge in [0, 0.05) is 5.02 Å². The average Bonchev–Trinajstić information content (AvgIpc) is 2.46. The standard InChI is InChI=1S/C15H12BrClN2O3/c16-13-7-11(17)4-5-14(13)22-9-15(21)19-18-8-10-2-1-3-12(20)6-10/h1-8,20H,9H2,(H,19,21)/b18-8-. The van der Waals surface area contributed by atoms with Crippen LogP contribution in [0.15, 0.2) is 52.0 Å². The van der Waals surface area contributed by atoms with E-state index in [1.165, 1.54) is 12.3 Å². The summed E-state index contributed by atoms with van der Waals surface area (Å²) in [7, 11) is 0. The molecule has 7 heteroatoms. The van der Waals surface area contributed by atoms with E-state index in [-0.39, 0.29) is 12.4 Å². The van der Waals surface area contributed by atoms with Crippen LogP contribution in [0.4, 0.5) is 0 Å². The number of nitrogens with one attached hydrogen (secondary N) is 1. The van der Waals surface area contributed by atoms with Gasteiger partial charge in [-0.1, -0.05) is 23.7 Å². The van der Waals surface area contributed by atoms with E-state index in [2.05, 4.69) is 26.5 Å². The highest BCUT2D eigenvalue weighted by molar-refractivity contribution is 9.10. The third kappa shape index (κ3) is 5.05. The summed E-state index contributed by atoms with van der Waals surface area (Å²) in [6.07, 6.45) is 1.43. The minimum absolute atomic E-state index is 0.131. The van der Waals surface area contributed by atoms with Crippen LogP contribution < -0.4 is 10.2 Å². The summed E-state index contributed by atoms with van der Waals surface area (Å²) in [5.74, 6) is 0.237. The van der Waals surface area contributed by atoms with Crippen LogP contribution in [0.5, 0.6) is 11.5 Å². The van der Waals surface area contributed by atoms with E-state index >= 15 is 0 Å². The highest BCUT2D eigenvalue weighted by Crippen LogP contribution is 2.27. The Morgan fingerprint density at radius 2 is 2.18 bits per heavy atom. The molecule has 0 atom stereocenters. The van der Waals surface area contributed by atoms with Crippen molar-refractivity contribution in [1.29, 1.82) is 0 Å². The van der Waals surface area contributed by atoms with Crippen molar-refractivity contribution >= 4 is 39.7 Å². The third-order valence-electron chi connectivity index (χ3n) is 2.53. The molecule has 0 aliphatic carbocycles. The van der Waals surface area contributed by atoms with Gasteiger partial charge in [0.1, 0.15) is 11.5 Å². The minimum atomic E-state index is -0.404. The van der Waals surface area contributed by atoms with Gasteiger partial charge in [-0.3, -0.25) is 4.79 Å². The molecule has 2 aromatic carbocycles. The molecule has 2 aromatic rings. The van der Waals surface area contributed by atoms with Crippen LogP contribution in [0.25, 0.3) is 0 Å². The zero-order valence-corrected chi connectivity index (χ0v) is 13.6. The van der Waals surface area contributed by atoms with Gasteiger partial charge < -0.3 is 9.84 Å². The summed E-state index contributed by atoms with van der Waals surface area (Å²) in [5.41, 5.74) is 3.00. The molecule has 0 spiro atoms. The van der Waals surface area contributed by atoms with Crippen molar-refractivity contribution in [2.24, 2.45) is 5.10 Å². The first-order valence-corrected chi connectivity index (χ1v) is 7.40. The number of amides is 1. The van der Waals surface area contributed by atoms with Gasteiger partial charge in [0.05, 0.1) is 10.7 Å². The Morgan fingerprint density at radius 3 is 2.91 bits per heavy atom. The highest BCUT2D eigenvalue weighted by atomic mass is 79.9. The molecule has 0 aromatic heterocycles. The topological polar surface area (TPSA) is 70.9 Å². The Balaban J connectivity index is 1.83. The van der Waals surface area contributed by atoms with Gasteiger partial charge >= 0.3 is 0 Å². The molecule has 0 saturated heterocycles. The summed E-state index contributed by atoms with van der Waals surface area (Å²) >= 11 is 9.11. The number of aromatic hydroxyl groups is 1. The van der Waals surface area contributed by atoms with Gasteiger partial charge in [0.25, 0.3) is 5.91 Å². The molecule has 0 aliphatic heterocycles. The Kier molecular flexibility index (Phi) is 5.80. The van der Waals surface area contributed by atoms with Crippen LogP contribution in [-0.4, -0.2) is 23.8 Å². The molecule has 5 nitrogen and oxygen atoms in total. The van der Waals surface area contributed by atoms with Gasteiger partial charge in [-0.15, -0.1) is 0 Å². The quantitative estimate of drug-likeness (QED) is 0.614. The maximum Gasteiger partial charge on any atom is 0.277 e. The van der Waals surface area contributed by atoms with Crippen molar-refractivity contribution in [3.63, 3.8) is 0 Å². The highest BCUT2D eigenvalue weighted by Gasteiger charge is 2.05. The largest absolute Gasteiger partial charge is 0.508 e. The fourth-order valence-corrected chi connectivity index (χ4v) is 2.35. The number of hydrogen-bond donors (Lipinski definition) is 2. The van der Waals surface area contributed by atoms with E-state index < -0.39 is 5.91 Å². The van der Waals surface area contributed by atoms with E-state index in [4.69, 9.17) is 16.3 Å². The summed E-state index contributed by atoms with van der Waals surface area (Å²) in [6, 6.07) is 11.5. The molecule has 0 fully saturated rings. The van der Waals surface area contributed by atoms with Crippen molar-refractivity contribution in [3.05, 3.63) is 57.5 Å². The van der Waals surface area contributed by atoms with Gasteiger partial charge in [-0.25, -0.2) is 5.43 Å². The SMILES string of the molecule is O=C(COc1ccc(Cl)cc1Br)N/N=C\c1cccc(O)c1. The van der Waals surface area contributed by atoms with E-state index in [9.17, 15) is 9.90 Å². The molecular formula is C15H12BrClN2O3. The molecule has 0 saturated carbocycles. The summed E-state index contributed by atoms with van der Waals surface area (Å²) < 4.78 is 6.01. The maximum absolute atomic E-state index is 11.6. The molecule has 0 radical (unpaired) electrons. The van der Waals surface area contributed by atoms with E-state index in [0.29, 0.717) is 20.8 Å². The number of hydrazone groups is 1. The summed E-state index contributed by atoms with van der Waals surface area (Å²) in [6.45, 7) is -0.183. The van der Waals surface area contributed by atoms with Crippen molar-refractivity contribution in [2.45, 2.75) is 0 Å². The summed E-state index contributed by atoms with van der Waals surface area (Å²) in [4.78, 5) is 11.6. The number of carbonyl (C=O) groups excluding carboxylic acids is 1. The molecule has 2 N–H and O–H groups in total. The molecule has 0 unspecified atom stereocenters. The molecular weight excluding hydrogens is 372 g/mol. The zero-order valence-electron chi connectivity index (χ0n) is 11.3. The van der Waals surface area contributed by atoms with Gasteiger partial charge in [0.2, 0.25) is 0 Å². The van der Waals surface area contributed by atoms with Crippen LogP contribution in [-0.2, 0) is 4.79 Å². The molecule has 0 aliphatic rings. The Labute approximate surface area is 140 Å². The van der Waals surface area contributed by atoms with Crippen LogP contribution in [0.3, 0.4) is 0 Å². The molecule has 114 valence electrons. The molecule has 22 heavy (non-hydrogen) atoms. The second-order valence-corrected chi connectivity index (χ2v) is 5.54. The number of hydrogen-bond acceptors (Lipinski definition) is 4. The monoisotopic (exact) mass is 382 g/mol. The Hall–Kier alpha value is -2.05. The first-order valence-electron chi connectivity index (χ1n) is 6.23. The Bertz CT molecular complexity index is 707. The van der Waals surface area contributed by atoms with Crippen LogP contribution in [0.2, 0.25) is 5.02 Å². The average molecular weight is 384 g/mol. The molecule has 0 heterocycles. The lowest BCUT2D eigenvalue weighted by atomic mass is 10.2. The fourth-order valence-electron chi connectivity index (χ4n) is 1.55. The number of nitrogens with zero attached hydrogens (tertiary/aromatic N) is 1. The van der Waals surface area contributed by atoms with Crippen molar-refractivity contribution in [2.75, 3.05) is 6.61 Å². The predicted molar refractivity (Wildman–Crippen MR) is 88.5 cm³/mol. The first kappa shape index (κ1) is 16.3. The maximum atomic E-state index is 11.6. The van der Waals surface area contributed by atoms with E-state index in [1.807, 2.05) is 0 Å². The van der Waals surface area contributed by atoms with Gasteiger partial charge in [-0.2, -0.15) is 5.10 Å². The number of halogens is 2. The first-order chi connectivity index (χ1) is 10.5. The number of rotatable bonds is 5. The predicted octanol–water partition coefficient (Wildman–Crippen LogP) is 3.34. The van der Waals surface area contributed by atoms with Crippen LogP contribution in [0.1, 0.15) is 5.56 Å². The lowest BCUT2D eigenvalue weighted by Gasteiger charge is -2.07. The lowest BCUT2D eigenvalue weighted by Crippen LogP contribution is -2.24. The third-order valence-corrected chi connectivity index (χ3v) is 3.38. The second-order valence-electron chi connectivity index (χ2n) is 4.25. The fraction of sp³-hybridized carbons (Fsp3) is 0.0667. The van der Waals surface area contributed by atoms with Crippen molar-refractivity contribution in [3.8, 4) is 11.5 Å². The minimum Gasteiger partial charge on any atom is -0.508 e. The number of carbonyl (C=O) groups is 1. The molecule has 1 amide bonds. The van der Waals surface area contributed by atoms with Crippen LogP contribution in [0, 0.1) is 0 Å². The van der Waals surface area contributed by atoms with Crippen molar-refractivity contribution < 1.29 is 14.6 Å². The lowest BCUT2D eigenvalue weighted by molar-refractivity contribution is -0.123. The van der Waals surface area contributed by atoms with Crippen LogP contribution >= 0.6 is 27.5 Å². The number of phenols is 1. The van der Waals surface area contributed by atoms with E-state index in [0.717, 1.165) is 0 Å². The normalized spacial score (nSPS) is 10.6. The number of phenolic OH excluding ortho intramolecular Hbond substituents is 1. The van der Waals surface area contributed by atoms with Gasteiger partial charge in [-0.05, 0) is 51.8 Å². The molecule has 0 bridgehead atoms. The Morgan fingerprint density at radius 1 is 1.36 bits per heavy atom. The number of ether oxygens (including phenoxy) is 1. The van der Waals surface area contributed by atoms with Gasteiger partial charge in [0.15, 0.2) is 6.61 Å². The van der Waals surface area contributed by atoms with E-state index in [1.54, 1.807) is 36.4 Å². The number of benzene rings is 2. The van der Waals surface area contributed by atoms with Crippen molar-refractivity contribution in [1.82, 2.24) is 5.43 Å². The zero-order chi connectivity index (χ0) is 15.9. The molecule has 2 rings (SSSR count). The smallest absolute Gasteiger partial charge is 0.277 e.